The molecule has 2 bridgehead atoms. The summed E-state index contributed by atoms with van der Waals surface area (Å²) in [6.07, 6.45) is -0.958. The minimum Gasteiger partial charge on any atom is -0.376 e. The summed E-state index contributed by atoms with van der Waals surface area (Å²) in [6, 6.07) is 0. The van der Waals surface area contributed by atoms with Crippen LogP contribution >= 0.6 is 7.60 Å². The number of ether oxygens (including phenoxy) is 3. The Morgan fingerprint density at radius 2 is 2.22 bits per heavy atom. The fraction of sp³-hybridized carbons (Fsp3) is 1.00. The number of hydrogen-bond acceptors (Lipinski definition) is 5. The second-order valence-corrected chi connectivity index (χ2v) is 7.17. The van der Waals surface area contributed by atoms with Gasteiger partial charge in [-0.05, 0) is 20.8 Å². The molecule has 0 aromatic carbocycles. The van der Waals surface area contributed by atoms with Crippen molar-refractivity contribution in [3.63, 3.8) is 0 Å². The van der Waals surface area contributed by atoms with E-state index in [0.29, 0.717) is 13.2 Å². The highest BCUT2D eigenvalue weighted by atomic mass is 31.2. The third-order valence-corrected chi connectivity index (χ3v) is 3.81. The highest BCUT2D eigenvalue weighted by Gasteiger charge is 2.62. The van der Waals surface area contributed by atoms with Crippen molar-refractivity contribution in [2.24, 2.45) is 0 Å². The monoisotopic (exact) mass is 280 g/mol. The van der Waals surface area contributed by atoms with Crippen LogP contribution in [0.1, 0.15) is 20.8 Å². The summed E-state index contributed by atoms with van der Waals surface area (Å²) in [5.41, 5.74) is -0.761. The van der Waals surface area contributed by atoms with E-state index in [-0.39, 0.29) is 18.3 Å². The maximum absolute atomic E-state index is 11.5. The van der Waals surface area contributed by atoms with Gasteiger partial charge in [0.05, 0.1) is 25.4 Å². The van der Waals surface area contributed by atoms with Gasteiger partial charge >= 0.3 is 7.60 Å². The van der Waals surface area contributed by atoms with Crippen LogP contribution in [0.5, 0.6) is 0 Å². The van der Waals surface area contributed by atoms with E-state index in [1.165, 1.54) is 6.66 Å². The van der Waals surface area contributed by atoms with E-state index in [0.717, 1.165) is 0 Å². The molecule has 0 spiro atoms. The maximum Gasteiger partial charge on any atom is 0.325 e. The third-order valence-electron chi connectivity index (χ3n) is 3.19. The van der Waals surface area contributed by atoms with Crippen LogP contribution in [0, 0.1) is 0 Å². The van der Waals surface area contributed by atoms with Crippen LogP contribution in [0.3, 0.4) is 0 Å². The van der Waals surface area contributed by atoms with Crippen molar-refractivity contribution in [3.05, 3.63) is 0 Å². The number of hydrogen-bond donors (Lipinski definition) is 1. The fourth-order valence-electron chi connectivity index (χ4n) is 2.46. The SMILES string of the molecule is CC(C)OC[C@@]12COC([C@H](C)O1)[C@H]2OP(C)(=O)O. The molecule has 2 rings (SSSR count). The summed E-state index contributed by atoms with van der Waals surface area (Å²) in [6.45, 7) is 7.53. The molecular formula is C11H21O6P. The Kier molecular flexibility index (Phi) is 3.89. The van der Waals surface area contributed by atoms with E-state index in [9.17, 15) is 9.46 Å². The standard InChI is InChI=1S/C11H21O6P/c1-7(2)14-5-11-6-15-9(8(3)16-11)10(11)17-18(4,12)13/h7-10H,5-6H2,1-4H3,(H,12,13)/t8-,9?,10+,11-/m0/s1. The Morgan fingerprint density at radius 1 is 1.56 bits per heavy atom. The predicted molar refractivity (Wildman–Crippen MR) is 64.7 cm³/mol. The van der Waals surface area contributed by atoms with E-state index in [4.69, 9.17) is 18.7 Å². The van der Waals surface area contributed by atoms with E-state index >= 15 is 0 Å². The third kappa shape index (κ3) is 2.79. The average Bonchev–Trinajstić information content (AvgIpc) is 2.65. The van der Waals surface area contributed by atoms with Gasteiger partial charge in [-0.15, -0.1) is 0 Å². The van der Waals surface area contributed by atoms with Gasteiger partial charge in [0.25, 0.3) is 0 Å². The van der Waals surface area contributed by atoms with Crippen LogP contribution in [0.2, 0.25) is 0 Å². The van der Waals surface area contributed by atoms with Gasteiger partial charge < -0.3 is 19.1 Å². The van der Waals surface area contributed by atoms with Crippen LogP contribution in [0.25, 0.3) is 0 Å². The van der Waals surface area contributed by atoms with Crippen LogP contribution in [0.15, 0.2) is 0 Å². The maximum atomic E-state index is 11.5. The molecular weight excluding hydrogens is 259 g/mol. The molecule has 1 N–H and O–H groups in total. The van der Waals surface area contributed by atoms with Crippen LogP contribution in [0.4, 0.5) is 0 Å². The summed E-state index contributed by atoms with van der Waals surface area (Å²) in [4.78, 5) is 9.40. The van der Waals surface area contributed by atoms with Gasteiger partial charge in [-0.25, -0.2) is 0 Å². The largest absolute Gasteiger partial charge is 0.376 e. The molecule has 2 fully saturated rings. The van der Waals surface area contributed by atoms with Gasteiger partial charge in [-0.1, -0.05) is 0 Å². The van der Waals surface area contributed by atoms with Crippen molar-refractivity contribution in [3.8, 4) is 0 Å². The predicted octanol–water partition coefficient (Wildman–Crippen LogP) is 1.17. The number of fused-ring (bicyclic) bond motifs is 2. The van der Waals surface area contributed by atoms with E-state index in [2.05, 4.69) is 0 Å². The van der Waals surface area contributed by atoms with Gasteiger partial charge in [0.15, 0.2) is 0 Å². The zero-order valence-electron chi connectivity index (χ0n) is 11.2. The Bertz CT molecular complexity index is 353. The first-order valence-corrected chi connectivity index (χ1v) is 8.16. The summed E-state index contributed by atoms with van der Waals surface area (Å²) in [5.74, 6) is 0. The fourth-order valence-corrected chi connectivity index (χ4v) is 3.19. The van der Waals surface area contributed by atoms with Gasteiger partial charge in [0, 0.05) is 6.66 Å². The second-order valence-electron chi connectivity index (χ2n) is 5.35. The molecule has 18 heavy (non-hydrogen) atoms. The molecule has 2 saturated heterocycles. The summed E-state index contributed by atoms with van der Waals surface area (Å²) < 4.78 is 33.8. The summed E-state index contributed by atoms with van der Waals surface area (Å²) >= 11 is 0. The van der Waals surface area contributed by atoms with Gasteiger partial charge in [-0.2, -0.15) is 0 Å². The molecule has 6 nitrogen and oxygen atoms in total. The van der Waals surface area contributed by atoms with Crippen molar-refractivity contribution in [2.75, 3.05) is 19.9 Å². The molecule has 2 heterocycles. The van der Waals surface area contributed by atoms with Crippen molar-refractivity contribution >= 4 is 7.60 Å². The summed E-state index contributed by atoms with van der Waals surface area (Å²) in [7, 11) is -3.58. The van der Waals surface area contributed by atoms with Crippen molar-refractivity contribution in [1.29, 1.82) is 0 Å². The smallest absolute Gasteiger partial charge is 0.325 e. The van der Waals surface area contributed by atoms with Crippen molar-refractivity contribution in [2.45, 2.75) is 50.8 Å². The highest BCUT2D eigenvalue weighted by Crippen LogP contribution is 2.49. The second kappa shape index (κ2) is 4.85. The lowest BCUT2D eigenvalue weighted by atomic mass is 10.00. The first-order valence-electron chi connectivity index (χ1n) is 6.13. The lowest BCUT2D eigenvalue weighted by molar-refractivity contribution is -0.168. The Hall–Kier alpha value is 0.0300. The van der Waals surface area contributed by atoms with Crippen LogP contribution < -0.4 is 0 Å². The van der Waals surface area contributed by atoms with Gasteiger partial charge in [-0.3, -0.25) is 9.09 Å². The lowest BCUT2D eigenvalue weighted by Crippen LogP contribution is -2.46. The molecule has 2 aliphatic rings. The highest BCUT2D eigenvalue weighted by molar-refractivity contribution is 7.51. The number of rotatable bonds is 5. The Labute approximate surface area is 107 Å². The molecule has 0 radical (unpaired) electrons. The van der Waals surface area contributed by atoms with Crippen molar-refractivity contribution in [1.82, 2.24) is 0 Å². The molecule has 5 atom stereocenters. The first-order chi connectivity index (χ1) is 8.23. The Balaban J connectivity index is 2.13. The molecule has 0 aliphatic carbocycles. The van der Waals surface area contributed by atoms with E-state index < -0.39 is 19.3 Å². The van der Waals surface area contributed by atoms with Crippen molar-refractivity contribution < 1.29 is 28.2 Å². The molecule has 2 aliphatic heterocycles. The van der Waals surface area contributed by atoms with Crippen LogP contribution in [-0.4, -0.2) is 54.8 Å². The normalized spacial score (nSPS) is 42.4. The molecule has 106 valence electrons. The van der Waals surface area contributed by atoms with Gasteiger partial charge in [0.1, 0.15) is 17.8 Å². The quantitative estimate of drug-likeness (QED) is 0.762. The minimum atomic E-state index is -3.58. The Morgan fingerprint density at radius 3 is 2.72 bits per heavy atom. The molecule has 7 heteroatoms. The van der Waals surface area contributed by atoms with E-state index in [1.807, 2.05) is 20.8 Å². The summed E-state index contributed by atoms with van der Waals surface area (Å²) in [5, 5.41) is 0. The molecule has 0 aromatic heterocycles. The molecule has 0 amide bonds. The minimum absolute atomic E-state index is 0.0566. The first kappa shape index (κ1) is 14.4. The molecule has 2 unspecified atom stereocenters. The lowest BCUT2D eigenvalue weighted by Gasteiger charge is -2.31. The topological polar surface area (TPSA) is 74.2 Å². The molecule has 0 saturated carbocycles. The van der Waals surface area contributed by atoms with Gasteiger partial charge in [0.2, 0.25) is 0 Å². The zero-order chi connectivity index (χ0) is 13.6. The zero-order valence-corrected chi connectivity index (χ0v) is 12.1. The van der Waals surface area contributed by atoms with Crippen LogP contribution in [-0.2, 0) is 23.3 Å². The van der Waals surface area contributed by atoms with E-state index in [1.54, 1.807) is 0 Å². The molecule has 0 aromatic rings. The average molecular weight is 280 g/mol.